The number of hydrogen-bond donors (Lipinski definition) is 0. The molecule has 2 aliphatic rings. The molecule has 0 saturated heterocycles. The van der Waals surface area contributed by atoms with Crippen LogP contribution in [0.3, 0.4) is 0 Å². The Kier molecular flexibility index (Phi) is 9.24. The van der Waals surface area contributed by atoms with Crippen LogP contribution in [0.15, 0.2) is 77.9 Å². The Morgan fingerprint density at radius 2 is 1.33 bits per heavy atom. The number of rotatable bonds is 6. The van der Waals surface area contributed by atoms with E-state index < -0.39 is 21.5 Å². The Hall–Kier alpha value is -1.96. The first-order chi connectivity index (χ1) is 22.4. The van der Waals surface area contributed by atoms with Crippen LogP contribution in [0.5, 0.6) is 0 Å². The average molecular weight is 772 g/mol. The third-order valence-corrected chi connectivity index (χ3v) is 63.5. The Morgan fingerprint density at radius 3 is 1.90 bits per heavy atom. The van der Waals surface area contributed by atoms with Gasteiger partial charge >= 0.3 is 302 Å². The SMILES string of the molecule is CC1=Cc2c(-c3ccc(C(C)(C)C)cc3)ccc(C)c2[CH]1[Zr]([Cl])([Cl])([CH]1C(C(C)C)=Cc2c(-c3c(C)cc(C)cc3C)cccc21)[SiH](C)C. The molecule has 48 heavy (non-hydrogen) atoms. The molecule has 6 rings (SSSR count). The van der Waals surface area contributed by atoms with Crippen LogP contribution in [-0.4, -0.2) is 5.92 Å². The zero-order valence-corrected chi connectivity index (χ0v) is 36.2. The van der Waals surface area contributed by atoms with Gasteiger partial charge in [-0.25, -0.2) is 0 Å². The van der Waals surface area contributed by atoms with Gasteiger partial charge in [0, 0.05) is 0 Å². The normalized spacial score (nSPS) is 18.5. The zero-order valence-electron chi connectivity index (χ0n) is 31.1. The molecular formula is C44H53Cl2SiZr. The van der Waals surface area contributed by atoms with Crippen molar-refractivity contribution in [3.05, 3.63) is 128 Å². The predicted molar refractivity (Wildman–Crippen MR) is 214 cm³/mol. The third-order valence-electron chi connectivity index (χ3n) is 11.6. The van der Waals surface area contributed by atoms with Crippen LogP contribution in [0.4, 0.5) is 0 Å². The summed E-state index contributed by atoms with van der Waals surface area (Å²) in [5.74, 6) is -1.31. The fraction of sp³-hybridized carbons (Fsp3) is 0.364. The second-order valence-corrected chi connectivity index (χ2v) is 59.1. The van der Waals surface area contributed by atoms with E-state index in [9.17, 15) is 0 Å². The quantitative estimate of drug-likeness (QED) is 0.171. The van der Waals surface area contributed by atoms with Crippen molar-refractivity contribution in [2.24, 2.45) is 5.92 Å². The van der Waals surface area contributed by atoms with Crippen molar-refractivity contribution in [1.82, 2.24) is 0 Å². The number of benzene rings is 4. The first kappa shape index (κ1) is 35.9. The Labute approximate surface area is 299 Å². The molecule has 0 aliphatic heterocycles. The van der Waals surface area contributed by atoms with Crippen LogP contribution in [0.25, 0.3) is 34.4 Å². The molecule has 0 N–H and O–H groups in total. The Balaban J connectivity index is 1.58. The van der Waals surface area contributed by atoms with Crippen LogP contribution in [0, 0.1) is 33.6 Å². The Bertz CT molecular complexity index is 1980. The van der Waals surface area contributed by atoms with E-state index in [-0.39, 0.29) is 12.7 Å². The van der Waals surface area contributed by atoms with Crippen molar-refractivity contribution in [2.45, 2.75) is 95.0 Å². The van der Waals surface area contributed by atoms with Crippen LogP contribution in [0.1, 0.15) is 98.9 Å². The molecule has 2 aliphatic carbocycles. The first-order valence-corrected chi connectivity index (χ1v) is 34.1. The first-order valence-electron chi connectivity index (χ1n) is 17.8. The van der Waals surface area contributed by atoms with E-state index >= 15 is 0 Å². The number of halogens is 2. The zero-order chi connectivity index (χ0) is 35.1. The standard InChI is InChI=1S/2C21H23.C2H7Si.2ClH.Zr/c1-14-12-19-15(2)6-11-18(20(19)13-14)16-7-9-17(10-8-16)21(3,4)5;1-13(2)18-11-17-7-6-8-19(20(17)12-18)21-15(4)9-14(3)10-16(21)5;1-3-2;;;/h2*6-13H,1-5H3;3H,1-2H3;2*1H;/q;;;;;+2/p-2. The fourth-order valence-corrected chi connectivity index (χ4v) is 41.4. The average Bonchev–Trinajstić information content (AvgIpc) is 3.57. The van der Waals surface area contributed by atoms with Crippen molar-refractivity contribution >= 4 is 35.1 Å². The fourth-order valence-electron chi connectivity index (χ4n) is 9.13. The molecule has 4 aromatic rings. The minimum absolute atomic E-state index is 0.0786. The molecule has 4 aromatic carbocycles. The second-order valence-electron chi connectivity index (χ2n) is 16.6. The van der Waals surface area contributed by atoms with Gasteiger partial charge in [-0.05, 0) is 0 Å². The molecule has 0 nitrogen and oxygen atoms in total. The van der Waals surface area contributed by atoms with Crippen LogP contribution in [0.2, 0.25) is 13.1 Å². The van der Waals surface area contributed by atoms with Crippen molar-refractivity contribution in [2.75, 3.05) is 0 Å². The van der Waals surface area contributed by atoms with E-state index in [1.807, 2.05) is 0 Å². The van der Waals surface area contributed by atoms with Gasteiger partial charge < -0.3 is 0 Å². The predicted octanol–water partition coefficient (Wildman–Crippen LogP) is 13.8. The van der Waals surface area contributed by atoms with E-state index in [0.29, 0.717) is 5.92 Å². The summed E-state index contributed by atoms with van der Waals surface area (Å²) < 4.78 is 0.158. The van der Waals surface area contributed by atoms with Crippen LogP contribution >= 0.6 is 17.0 Å². The molecule has 2 unspecified atom stereocenters. The van der Waals surface area contributed by atoms with Crippen molar-refractivity contribution in [3.8, 4) is 22.3 Å². The van der Waals surface area contributed by atoms with Crippen molar-refractivity contribution < 1.29 is 15.6 Å². The van der Waals surface area contributed by atoms with E-state index in [2.05, 4.69) is 161 Å². The van der Waals surface area contributed by atoms with Crippen molar-refractivity contribution in [1.29, 1.82) is 0 Å². The van der Waals surface area contributed by atoms with Crippen molar-refractivity contribution in [3.63, 3.8) is 0 Å². The van der Waals surface area contributed by atoms with Gasteiger partial charge in [-0.2, -0.15) is 0 Å². The van der Waals surface area contributed by atoms with E-state index in [1.54, 1.807) is 0 Å². The third kappa shape index (κ3) is 5.57. The molecule has 0 heterocycles. The molecule has 0 spiro atoms. The molecule has 4 heteroatoms. The molecule has 0 radical (unpaired) electrons. The number of fused-ring (bicyclic) bond motifs is 2. The van der Waals surface area contributed by atoms with Crippen LogP contribution in [-0.2, 0) is 21.0 Å². The molecule has 0 amide bonds. The maximum absolute atomic E-state index is 8.71. The van der Waals surface area contributed by atoms with Crippen LogP contribution < -0.4 is 0 Å². The van der Waals surface area contributed by atoms with E-state index in [1.165, 1.54) is 83.5 Å². The Morgan fingerprint density at radius 1 is 0.708 bits per heavy atom. The molecular weight excluding hydrogens is 719 g/mol. The van der Waals surface area contributed by atoms with E-state index in [0.717, 1.165) is 0 Å². The molecule has 2 atom stereocenters. The van der Waals surface area contributed by atoms with Gasteiger partial charge in [0.2, 0.25) is 0 Å². The number of aryl methyl sites for hydroxylation is 4. The summed E-state index contributed by atoms with van der Waals surface area (Å²) in [5, 5.41) is 0. The van der Waals surface area contributed by atoms with Gasteiger partial charge in [0.05, 0.1) is 0 Å². The number of allylic oxidation sites excluding steroid dienone is 2. The summed E-state index contributed by atoms with van der Waals surface area (Å²) >= 11 is -4.87. The monoisotopic (exact) mass is 769 g/mol. The summed E-state index contributed by atoms with van der Waals surface area (Å²) in [5.41, 5.74) is 20.1. The second kappa shape index (κ2) is 12.4. The molecule has 251 valence electrons. The molecule has 0 aromatic heterocycles. The minimum atomic E-state index is -4.87. The van der Waals surface area contributed by atoms with Gasteiger partial charge in [0.25, 0.3) is 0 Å². The topological polar surface area (TPSA) is 0 Å². The summed E-state index contributed by atoms with van der Waals surface area (Å²) in [6, 6.07) is 25.4. The maximum atomic E-state index is 8.71. The molecule has 0 saturated carbocycles. The molecule has 0 bridgehead atoms. The van der Waals surface area contributed by atoms with E-state index in [4.69, 9.17) is 17.0 Å². The van der Waals surface area contributed by atoms with Gasteiger partial charge in [-0.3, -0.25) is 0 Å². The molecule has 0 fully saturated rings. The number of hydrogen-bond acceptors (Lipinski definition) is 0. The van der Waals surface area contributed by atoms with Gasteiger partial charge in [-0.15, -0.1) is 0 Å². The summed E-state index contributed by atoms with van der Waals surface area (Å²) in [4.78, 5) is 0. The summed E-state index contributed by atoms with van der Waals surface area (Å²) in [6.45, 7) is 27.7. The van der Waals surface area contributed by atoms with Gasteiger partial charge in [-0.1, -0.05) is 0 Å². The van der Waals surface area contributed by atoms with Gasteiger partial charge in [0.1, 0.15) is 0 Å². The van der Waals surface area contributed by atoms with Gasteiger partial charge in [0.15, 0.2) is 0 Å². The summed E-state index contributed by atoms with van der Waals surface area (Å²) in [7, 11) is 17.4. The summed E-state index contributed by atoms with van der Waals surface area (Å²) in [6.07, 6.45) is 4.95.